The first-order chi connectivity index (χ1) is 9.72. The average molecular weight is 314 g/mol. The summed E-state index contributed by atoms with van der Waals surface area (Å²) in [5.41, 5.74) is 4.86. The van der Waals surface area contributed by atoms with Crippen LogP contribution in [0.2, 0.25) is 0 Å². The molecule has 112 valence electrons. The van der Waals surface area contributed by atoms with E-state index >= 15 is 0 Å². The van der Waals surface area contributed by atoms with Gasteiger partial charge in [-0.05, 0) is 30.7 Å². The first-order valence-corrected chi connectivity index (χ1v) is 7.26. The second-order valence-electron chi connectivity index (χ2n) is 4.38. The lowest BCUT2D eigenvalue weighted by atomic mass is 10.2. The lowest BCUT2D eigenvalue weighted by molar-refractivity contribution is 0.471. The van der Waals surface area contributed by atoms with Crippen molar-refractivity contribution in [2.45, 2.75) is 11.8 Å². The predicted molar refractivity (Wildman–Crippen MR) is 74.4 cm³/mol. The van der Waals surface area contributed by atoms with E-state index in [9.17, 15) is 22.3 Å². The number of hydrogen-bond acceptors (Lipinski definition) is 4. The van der Waals surface area contributed by atoms with Crippen LogP contribution in [0.1, 0.15) is 5.56 Å². The number of rotatable bonds is 3. The molecule has 0 saturated carbocycles. The van der Waals surface area contributed by atoms with Gasteiger partial charge in [0.25, 0.3) is 10.0 Å². The molecule has 5 nitrogen and oxygen atoms in total. The fourth-order valence-electron chi connectivity index (χ4n) is 1.64. The van der Waals surface area contributed by atoms with Crippen LogP contribution >= 0.6 is 0 Å². The van der Waals surface area contributed by atoms with Crippen LogP contribution in [0.25, 0.3) is 0 Å². The maximum atomic E-state index is 13.8. The van der Waals surface area contributed by atoms with Gasteiger partial charge < -0.3 is 10.8 Å². The lowest BCUT2D eigenvalue weighted by Gasteiger charge is -2.11. The minimum atomic E-state index is -4.30. The highest BCUT2D eigenvalue weighted by molar-refractivity contribution is 7.92. The van der Waals surface area contributed by atoms with Crippen molar-refractivity contribution >= 4 is 21.4 Å². The zero-order valence-corrected chi connectivity index (χ0v) is 11.7. The Morgan fingerprint density at radius 2 is 1.86 bits per heavy atom. The molecule has 0 spiro atoms. The number of aromatic hydroxyl groups is 1. The van der Waals surface area contributed by atoms with Crippen LogP contribution in [0, 0.1) is 18.6 Å². The maximum Gasteiger partial charge on any atom is 0.264 e. The molecule has 0 saturated heterocycles. The number of phenolic OH excluding ortho intramolecular Hbond substituents is 1. The molecule has 2 rings (SSSR count). The fraction of sp³-hybridized carbons (Fsp3) is 0.0769. The van der Waals surface area contributed by atoms with Gasteiger partial charge in [0, 0.05) is 6.07 Å². The molecule has 0 amide bonds. The van der Waals surface area contributed by atoms with E-state index in [2.05, 4.69) is 4.72 Å². The summed E-state index contributed by atoms with van der Waals surface area (Å²) in [4.78, 5) is -0.776. The highest BCUT2D eigenvalue weighted by atomic mass is 32.2. The number of benzene rings is 2. The van der Waals surface area contributed by atoms with E-state index in [-0.39, 0.29) is 11.4 Å². The van der Waals surface area contributed by atoms with Gasteiger partial charge in [0.05, 0.1) is 5.69 Å². The SMILES string of the molecule is Cc1ccc(NS(=O)(=O)c2ccc(F)c(N)c2F)cc1O. The molecule has 0 unspecified atom stereocenters. The van der Waals surface area contributed by atoms with Crippen molar-refractivity contribution in [1.82, 2.24) is 0 Å². The van der Waals surface area contributed by atoms with E-state index in [0.717, 1.165) is 12.1 Å². The van der Waals surface area contributed by atoms with Gasteiger partial charge in [-0.3, -0.25) is 4.72 Å². The Kier molecular flexibility index (Phi) is 3.73. The van der Waals surface area contributed by atoms with Crippen LogP contribution in [0.4, 0.5) is 20.2 Å². The highest BCUT2D eigenvalue weighted by Crippen LogP contribution is 2.26. The second-order valence-corrected chi connectivity index (χ2v) is 6.03. The van der Waals surface area contributed by atoms with Crippen LogP contribution in [0.5, 0.6) is 5.75 Å². The number of nitrogens with two attached hydrogens (primary N) is 1. The number of phenols is 1. The molecule has 0 aromatic heterocycles. The van der Waals surface area contributed by atoms with Crippen molar-refractivity contribution in [2.24, 2.45) is 0 Å². The Hall–Kier alpha value is -2.35. The molecule has 0 aliphatic carbocycles. The van der Waals surface area contributed by atoms with Gasteiger partial charge in [0.1, 0.15) is 22.1 Å². The number of halogens is 2. The summed E-state index contributed by atoms with van der Waals surface area (Å²) in [5.74, 6) is -2.52. The van der Waals surface area contributed by atoms with Crippen LogP contribution in [0.3, 0.4) is 0 Å². The standard InChI is InChI=1S/C13H12F2N2O3S/c1-7-2-3-8(6-10(7)18)17-21(19,20)11-5-4-9(14)13(16)12(11)15/h2-6,17-18H,16H2,1H3. The number of anilines is 2. The van der Waals surface area contributed by atoms with Crippen LogP contribution in [-0.2, 0) is 10.0 Å². The topological polar surface area (TPSA) is 92.4 Å². The third kappa shape index (κ3) is 2.89. The summed E-state index contributed by atoms with van der Waals surface area (Å²) in [6.45, 7) is 1.63. The quantitative estimate of drug-likeness (QED) is 0.758. The smallest absolute Gasteiger partial charge is 0.264 e. The lowest BCUT2D eigenvalue weighted by Crippen LogP contribution is -2.16. The Labute approximate surface area is 120 Å². The summed E-state index contributed by atoms with van der Waals surface area (Å²) in [6, 6.07) is 5.61. The number of hydrogen-bond donors (Lipinski definition) is 3. The van der Waals surface area contributed by atoms with Crippen LogP contribution in [-0.4, -0.2) is 13.5 Å². The normalized spacial score (nSPS) is 11.4. The molecule has 0 bridgehead atoms. The first kappa shape index (κ1) is 15.0. The van der Waals surface area contributed by atoms with Crippen molar-refractivity contribution in [2.75, 3.05) is 10.5 Å². The van der Waals surface area contributed by atoms with Crippen molar-refractivity contribution in [3.8, 4) is 5.75 Å². The molecule has 0 aliphatic rings. The molecule has 8 heteroatoms. The zero-order valence-electron chi connectivity index (χ0n) is 10.9. The monoisotopic (exact) mass is 314 g/mol. The van der Waals surface area contributed by atoms with Gasteiger partial charge in [-0.2, -0.15) is 0 Å². The number of aryl methyl sites for hydroxylation is 1. The Bertz CT molecular complexity index is 807. The first-order valence-electron chi connectivity index (χ1n) is 5.78. The van der Waals surface area contributed by atoms with Gasteiger partial charge in [0.15, 0.2) is 5.82 Å². The molecule has 21 heavy (non-hydrogen) atoms. The summed E-state index contributed by atoms with van der Waals surface area (Å²) in [5, 5.41) is 9.52. The molecule has 4 N–H and O–H groups in total. The molecule has 0 radical (unpaired) electrons. The van der Waals surface area contributed by atoms with Crippen LogP contribution < -0.4 is 10.5 Å². The van der Waals surface area contributed by atoms with Gasteiger partial charge in [-0.1, -0.05) is 6.07 Å². The number of nitrogens with one attached hydrogen (secondary N) is 1. The summed E-state index contributed by atoms with van der Waals surface area (Å²) in [7, 11) is -4.30. The summed E-state index contributed by atoms with van der Waals surface area (Å²) >= 11 is 0. The minimum absolute atomic E-state index is 0.0420. The third-order valence-electron chi connectivity index (χ3n) is 2.84. The van der Waals surface area contributed by atoms with E-state index in [0.29, 0.717) is 5.56 Å². The van der Waals surface area contributed by atoms with Crippen molar-refractivity contribution in [1.29, 1.82) is 0 Å². The molecular weight excluding hydrogens is 302 g/mol. The molecule has 2 aromatic carbocycles. The number of nitrogen functional groups attached to an aromatic ring is 1. The van der Waals surface area contributed by atoms with E-state index < -0.39 is 32.2 Å². The van der Waals surface area contributed by atoms with Gasteiger partial charge >= 0.3 is 0 Å². The fourth-order valence-corrected chi connectivity index (χ4v) is 2.78. The van der Waals surface area contributed by atoms with E-state index in [1.165, 1.54) is 18.2 Å². The van der Waals surface area contributed by atoms with Gasteiger partial charge in [-0.25, -0.2) is 17.2 Å². The summed E-state index contributed by atoms with van der Waals surface area (Å²) in [6.07, 6.45) is 0. The Morgan fingerprint density at radius 3 is 2.48 bits per heavy atom. The maximum absolute atomic E-state index is 13.8. The van der Waals surface area contributed by atoms with E-state index in [1.807, 2.05) is 0 Å². The Morgan fingerprint density at radius 1 is 1.19 bits per heavy atom. The van der Waals surface area contributed by atoms with Crippen molar-refractivity contribution in [3.63, 3.8) is 0 Å². The van der Waals surface area contributed by atoms with Crippen molar-refractivity contribution in [3.05, 3.63) is 47.5 Å². The molecule has 0 fully saturated rings. The van der Waals surface area contributed by atoms with Crippen LogP contribution in [0.15, 0.2) is 35.2 Å². The van der Waals surface area contributed by atoms with Gasteiger partial charge in [-0.15, -0.1) is 0 Å². The molecule has 0 heterocycles. The third-order valence-corrected chi connectivity index (χ3v) is 4.24. The molecular formula is C13H12F2N2O3S. The van der Waals surface area contributed by atoms with Crippen molar-refractivity contribution < 1.29 is 22.3 Å². The Balaban J connectivity index is 2.43. The number of sulfonamides is 1. The molecule has 0 aliphatic heterocycles. The molecule has 0 atom stereocenters. The zero-order chi connectivity index (χ0) is 15.8. The second kappa shape index (κ2) is 5.21. The van der Waals surface area contributed by atoms with E-state index in [4.69, 9.17) is 5.73 Å². The van der Waals surface area contributed by atoms with E-state index in [1.54, 1.807) is 6.92 Å². The van der Waals surface area contributed by atoms with Gasteiger partial charge in [0.2, 0.25) is 0 Å². The summed E-state index contributed by atoms with van der Waals surface area (Å²) < 4.78 is 53.1. The largest absolute Gasteiger partial charge is 0.508 e. The predicted octanol–water partition coefficient (Wildman–Crippen LogP) is 2.36. The minimum Gasteiger partial charge on any atom is -0.508 e. The molecule has 2 aromatic rings. The highest BCUT2D eigenvalue weighted by Gasteiger charge is 2.22. The average Bonchev–Trinajstić information content (AvgIpc) is 2.39.